The SMILES string of the molecule is CC=CCSCC(=O)N1CCC(C(=O)N2CCCC(C)C2)CC1. The van der Waals surface area contributed by atoms with Gasteiger partial charge in [-0.15, -0.1) is 11.8 Å². The fourth-order valence-corrected chi connectivity index (χ4v) is 4.23. The van der Waals surface area contributed by atoms with Gasteiger partial charge in [0.25, 0.3) is 0 Å². The van der Waals surface area contributed by atoms with Gasteiger partial charge in [-0.05, 0) is 38.5 Å². The normalized spacial score (nSPS) is 23.5. The Morgan fingerprint density at radius 2 is 1.87 bits per heavy atom. The van der Waals surface area contributed by atoms with Crippen LogP contribution >= 0.6 is 11.8 Å². The van der Waals surface area contributed by atoms with Gasteiger partial charge in [-0.2, -0.15) is 0 Å². The molecule has 0 bridgehead atoms. The molecule has 2 heterocycles. The van der Waals surface area contributed by atoms with Gasteiger partial charge in [0.1, 0.15) is 0 Å². The Bertz CT molecular complexity index is 431. The second-order valence-corrected chi connectivity index (χ2v) is 7.80. The molecule has 0 N–H and O–H groups in total. The summed E-state index contributed by atoms with van der Waals surface area (Å²) in [5.74, 6) is 2.74. The second kappa shape index (κ2) is 9.36. The number of likely N-dealkylation sites (tertiary alicyclic amines) is 2. The molecule has 130 valence electrons. The molecule has 0 spiro atoms. The zero-order valence-corrected chi connectivity index (χ0v) is 15.3. The van der Waals surface area contributed by atoms with Crippen molar-refractivity contribution in [2.75, 3.05) is 37.7 Å². The van der Waals surface area contributed by atoms with E-state index in [0.717, 1.165) is 51.2 Å². The van der Waals surface area contributed by atoms with Crippen LogP contribution in [0, 0.1) is 11.8 Å². The van der Waals surface area contributed by atoms with E-state index in [0.29, 0.717) is 17.6 Å². The number of thioether (sulfide) groups is 1. The molecule has 0 saturated carbocycles. The lowest BCUT2D eigenvalue weighted by atomic mass is 9.93. The van der Waals surface area contributed by atoms with Crippen LogP contribution in [0.25, 0.3) is 0 Å². The smallest absolute Gasteiger partial charge is 0.232 e. The number of amides is 2. The molecule has 0 aliphatic carbocycles. The molecule has 0 aromatic heterocycles. The Morgan fingerprint density at radius 1 is 1.13 bits per heavy atom. The number of carbonyl (C=O) groups excluding carboxylic acids is 2. The molecular formula is C18H30N2O2S. The van der Waals surface area contributed by atoms with Gasteiger partial charge in [0.2, 0.25) is 11.8 Å². The Hall–Kier alpha value is -0.970. The van der Waals surface area contributed by atoms with E-state index in [9.17, 15) is 9.59 Å². The first kappa shape index (κ1) is 18.4. The van der Waals surface area contributed by atoms with Gasteiger partial charge in [-0.1, -0.05) is 19.1 Å². The summed E-state index contributed by atoms with van der Waals surface area (Å²) in [5, 5.41) is 0. The molecule has 2 amide bonds. The summed E-state index contributed by atoms with van der Waals surface area (Å²) in [6.45, 7) is 7.54. The van der Waals surface area contributed by atoms with Gasteiger partial charge in [-0.25, -0.2) is 0 Å². The van der Waals surface area contributed by atoms with E-state index < -0.39 is 0 Å². The minimum atomic E-state index is 0.125. The van der Waals surface area contributed by atoms with Crippen LogP contribution in [0.4, 0.5) is 0 Å². The molecule has 2 aliphatic heterocycles. The van der Waals surface area contributed by atoms with Crippen LogP contribution in [0.2, 0.25) is 0 Å². The maximum atomic E-state index is 12.6. The van der Waals surface area contributed by atoms with E-state index in [1.807, 2.05) is 17.9 Å². The fourth-order valence-electron chi connectivity index (χ4n) is 3.43. The van der Waals surface area contributed by atoms with Crippen molar-refractivity contribution in [3.05, 3.63) is 12.2 Å². The topological polar surface area (TPSA) is 40.6 Å². The van der Waals surface area contributed by atoms with Gasteiger partial charge >= 0.3 is 0 Å². The highest BCUT2D eigenvalue weighted by Crippen LogP contribution is 2.24. The molecule has 0 aromatic rings. The molecule has 2 rings (SSSR count). The summed E-state index contributed by atoms with van der Waals surface area (Å²) in [6.07, 6.45) is 8.11. The van der Waals surface area contributed by atoms with Crippen molar-refractivity contribution in [1.82, 2.24) is 9.80 Å². The largest absolute Gasteiger partial charge is 0.342 e. The molecule has 5 heteroatoms. The molecule has 2 saturated heterocycles. The number of carbonyl (C=O) groups is 2. The van der Waals surface area contributed by atoms with Gasteiger partial charge in [0.05, 0.1) is 5.75 Å². The fraction of sp³-hybridized carbons (Fsp3) is 0.778. The molecule has 2 aliphatic rings. The minimum absolute atomic E-state index is 0.125. The quantitative estimate of drug-likeness (QED) is 0.572. The summed E-state index contributed by atoms with van der Waals surface area (Å²) in [6, 6.07) is 0. The van der Waals surface area contributed by atoms with Crippen LogP contribution in [-0.4, -0.2) is 59.3 Å². The predicted octanol–water partition coefficient (Wildman–Crippen LogP) is 2.79. The highest BCUT2D eigenvalue weighted by Gasteiger charge is 2.31. The zero-order chi connectivity index (χ0) is 16.7. The van der Waals surface area contributed by atoms with Crippen LogP contribution in [0.15, 0.2) is 12.2 Å². The first-order valence-electron chi connectivity index (χ1n) is 8.87. The Kier molecular flexibility index (Phi) is 7.47. The van der Waals surface area contributed by atoms with Gasteiger partial charge in [0.15, 0.2) is 0 Å². The number of allylic oxidation sites excluding steroid dienone is 1. The molecule has 23 heavy (non-hydrogen) atoms. The van der Waals surface area contributed by atoms with E-state index in [1.54, 1.807) is 11.8 Å². The van der Waals surface area contributed by atoms with Crippen molar-refractivity contribution in [3.63, 3.8) is 0 Å². The van der Waals surface area contributed by atoms with Gasteiger partial charge in [0, 0.05) is 37.8 Å². The number of nitrogens with zero attached hydrogens (tertiary/aromatic N) is 2. The van der Waals surface area contributed by atoms with Crippen molar-refractivity contribution in [2.45, 2.75) is 39.5 Å². The second-order valence-electron chi connectivity index (χ2n) is 6.77. The molecule has 0 radical (unpaired) electrons. The molecular weight excluding hydrogens is 308 g/mol. The molecule has 2 fully saturated rings. The Labute approximate surface area is 144 Å². The third-order valence-corrected chi connectivity index (χ3v) is 5.72. The standard InChI is InChI=1S/C18H30N2O2S/c1-3-4-12-23-14-17(21)19-10-7-16(8-11-19)18(22)20-9-5-6-15(2)13-20/h3-4,15-16H,5-14H2,1-2H3. The van der Waals surface area contributed by atoms with Gasteiger partial charge < -0.3 is 9.80 Å². The van der Waals surface area contributed by atoms with Gasteiger partial charge in [-0.3, -0.25) is 9.59 Å². The van der Waals surface area contributed by atoms with Crippen LogP contribution in [0.5, 0.6) is 0 Å². The molecule has 1 unspecified atom stereocenters. The third kappa shape index (κ3) is 5.55. The lowest BCUT2D eigenvalue weighted by molar-refractivity contribution is -0.141. The van der Waals surface area contributed by atoms with Crippen molar-refractivity contribution in [1.29, 1.82) is 0 Å². The average Bonchev–Trinajstić information content (AvgIpc) is 2.58. The first-order chi connectivity index (χ1) is 11.1. The van der Waals surface area contributed by atoms with Crippen LogP contribution < -0.4 is 0 Å². The van der Waals surface area contributed by atoms with E-state index in [2.05, 4.69) is 17.9 Å². The lowest BCUT2D eigenvalue weighted by Crippen LogP contribution is -2.47. The molecule has 0 aromatic carbocycles. The number of rotatable bonds is 5. The predicted molar refractivity (Wildman–Crippen MR) is 96.4 cm³/mol. The number of hydrogen-bond donors (Lipinski definition) is 0. The van der Waals surface area contributed by atoms with E-state index >= 15 is 0 Å². The summed E-state index contributed by atoms with van der Waals surface area (Å²) in [4.78, 5) is 28.8. The number of piperidine rings is 2. The Morgan fingerprint density at radius 3 is 2.52 bits per heavy atom. The van der Waals surface area contributed by atoms with Crippen molar-refractivity contribution >= 4 is 23.6 Å². The molecule has 1 atom stereocenters. The summed E-state index contributed by atoms with van der Waals surface area (Å²) >= 11 is 1.66. The molecule has 4 nitrogen and oxygen atoms in total. The first-order valence-corrected chi connectivity index (χ1v) is 10.0. The van der Waals surface area contributed by atoms with E-state index in [1.165, 1.54) is 6.42 Å². The van der Waals surface area contributed by atoms with Crippen LogP contribution in [0.1, 0.15) is 39.5 Å². The average molecular weight is 339 g/mol. The van der Waals surface area contributed by atoms with Crippen LogP contribution in [-0.2, 0) is 9.59 Å². The monoisotopic (exact) mass is 338 g/mol. The maximum Gasteiger partial charge on any atom is 0.232 e. The van der Waals surface area contributed by atoms with Crippen molar-refractivity contribution in [2.24, 2.45) is 11.8 Å². The third-order valence-electron chi connectivity index (χ3n) is 4.84. The summed E-state index contributed by atoms with van der Waals surface area (Å²) in [5.41, 5.74) is 0. The Balaban J connectivity index is 1.72. The van der Waals surface area contributed by atoms with Crippen molar-refractivity contribution < 1.29 is 9.59 Å². The van der Waals surface area contributed by atoms with E-state index in [4.69, 9.17) is 0 Å². The summed E-state index contributed by atoms with van der Waals surface area (Å²) in [7, 11) is 0. The van der Waals surface area contributed by atoms with Crippen molar-refractivity contribution in [3.8, 4) is 0 Å². The number of hydrogen-bond acceptors (Lipinski definition) is 3. The van der Waals surface area contributed by atoms with E-state index in [-0.39, 0.29) is 11.8 Å². The zero-order valence-electron chi connectivity index (χ0n) is 14.5. The van der Waals surface area contributed by atoms with Crippen LogP contribution in [0.3, 0.4) is 0 Å². The highest BCUT2D eigenvalue weighted by molar-refractivity contribution is 8.00. The minimum Gasteiger partial charge on any atom is -0.342 e. The maximum absolute atomic E-state index is 12.6. The highest BCUT2D eigenvalue weighted by atomic mass is 32.2. The lowest BCUT2D eigenvalue weighted by Gasteiger charge is -2.37. The summed E-state index contributed by atoms with van der Waals surface area (Å²) < 4.78 is 0.